The average Bonchev–Trinajstić information content (AvgIpc) is 2.91. The fourth-order valence-electron chi connectivity index (χ4n) is 2.65. The number of aryl methyl sites for hydroxylation is 1. The molecule has 1 saturated heterocycles. The lowest BCUT2D eigenvalue weighted by Gasteiger charge is -2.26. The van der Waals surface area contributed by atoms with Crippen molar-refractivity contribution in [2.75, 3.05) is 20.3 Å². The molecule has 1 fully saturated rings. The second kappa shape index (κ2) is 5.78. The van der Waals surface area contributed by atoms with Crippen LogP contribution in [0.15, 0.2) is 22.9 Å². The smallest absolute Gasteiger partial charge is 0.157 e. The molecule has 0 N–H and O–H groups in total. The summed E-state index contributed by atoms with van der Waals surface area (Å²) in [6, 6.07) is 3.24. The second-order valence-corrected chi connectivity index (χ2v) is 6.42. The van der Waals surface area contributed by atoms with E-state index in [4.69, 9.17) is 9.47 Å². The Labute approximate surface area is 145 Å². The van der Waals surface area contributed by atoms with Crippen LogP contribution in [0.3, 0.4) is 0 Å². The van der Waals surface area contributed by atoms with E-state index in [0.717, 1.165) is 11.3 Å². The van der Waals surface area contributed by atoms with Gasteiger partial charge in [-0.05, 0) is 34.5 Å². The summed E-state index contributed by atoms with van der Waals surface area (Å²) in [4.78, 5) is 8.61. The molecule has 0 radical (unpaired) electrons. The molecule has 3 aromatic rings. The summed E-state index contributed by atoms with van der Waals surface area (Å²) in [5, 5.41) is 4.62. The number of imidazole rings is 1. The Morgan fingerprint density at radius 3 is 2.83 bits per heavy atom. The van der Waals surface area contributed by atoms with E-state index in [1.165, 1.54) is 6.07 Å². The van der Waals surface area contributed by atoms with Gasteiger partial charge in [-0.1, -0.05) is 0 Å². The molecule has 8 heteroatoms. The molecule has 3 aromatic heterocycles. The van der Waals surface area contributed by atoms with Gasteiger partial charge in [-0.25, -0.2) is 18.9 Å². The van der Waals surface area contributed by atoms with Crippen LogP contribution in [0, 0.1) is 12.7 Å². The number of rotatable bonds is 3. The van der Waals surface area contributed by atoms with Gasteiger partial charge < -0.3 is 9.47 Å². The number of pyridine rings is 1. The highest BCUT2D eigenvalue weighted by Crippen LogP contribution is 2.32. The third kappa shape index (κ3) is 2.37. The van der Waals surface area contributed by atoms with E-state index in [-0.39, 0.29) is 11.6 Å². The third-order valence-electron chi connectivity index (χ3n) is 4.08. The minimum absolute atomic E-state index is 0.169. The number of aromatic nitrogens is 4. The molecule has 0 amide bonds. The number of nitrogens with zero attached hydrogens (tertiary/aromatic N) is 4. The van der Waals surface area contributed by atoms with Gasteiger partial charge in [0.2, 0.25) is 0 Å². The number of fused-ring (bicyclic) bond motifs is 1. The lowest BCUT2D eigenvalue weighted by atomic mass is 10.0. The Bertz CT molecular complexity index is 939. The van der Waals surface area contributed by atoms with Crippen LogP contribution in [0.5, 0.6) is 5.75 Å². The molecule has 0 atom stereocenters. The SMILES string of the molecule is COc1cc2ncc(-c3nc(Br)c(C)cc3F)n2nc1C1COC1. The number of ether oxygens (including phenoxy) is 2. The summed E-state index contributed by atoms with van der Waals surface area (Å²) in [5.74, 6) is 0.414. The lowest BCUT2D eigenvalue weighted by Crippen LogP contribution is -2.27. The lowest BCUT2D eigenvalue weighted by molar-refractivity contribution is 0.00530. The highest BCUT2D eigenvalue weighted by atomic mass is 79.9. The monoisotopic (exact) mass is 392 g/mol. The predicted octanol–water partition coefficient (Wildman–Crippen LogP) is 3.12. The molecule has 0 saturated carbocycles. The minimum Gasteiger partial charge on any atom is -0.495 e. The second-order valence-electron chi connectivity index (χ2n) is 5.67. The van der Waals surface area contributed by atoms with Crippen LogP contribution >= 0.6 is 15.9 Å². The molecule has 0 bridgehead atoms. The number of halogens is 2. The van der Waals surface area contributed by atoms with Gasteiger partial charge in [0, 0.05) is 6.07 Å². The number of hydrogen-bond donors (Lipinski definition) is 0. The molecule has 1 aliphatic heterocycles. The van der Waals surface area contributed by atoms with Crippen LogP contribution in [0.2, 0.25) is 0 Å². The van der Waals surface area contributed by atoms with Gasteiger partial charge in [0.15, 0.2) is 11.5 Å². The van der Waals surface area contributed by atoms with Crippen LogP contribution in [-0.2, 0) is 4.74 Å². The molecule has 0 unspecified atom stereocenters. The van der Waals surface area contributed by atoms with Crippen molar-refractivity contribution in [3.8, 4) is 17.1 Å². The zero-order valence-electron chi connectivity index (χ0n) is 13.1. The van der Waals surface area contributed by atoms with Crippen LogP contribution < -0.4 is 4.74 Å². The first kappa shape index (κ1) is 15.5. The van der Waals surface area contributed by atoms with Crippen LogP contribution in [0.1, 0.15) is 17.2 Å². The Balaban J connectivity index is 1.92. The molecule has 0 aliphatic carbocycles. The van der Waals surface area contributed by atoms with Gasteiger partial charge in [0.1, 0.15) is 27.4 Å². The van der Waals surface area contributed by atoms with E-state index in [0.29, 0.717) is 34.9 Å². The zero-order chi connectivity index (χ0) is 16.8. The molecule has 1 aliphatic rings. The van der Waals surface area contributed by atoms with Crippen LogP contribution in [-0.4, -0.2) is 39.9 Å². The summed E-state index contributed by atoms with van der Waals surface area (Å²) >= 11 is 3.35. The molecule has 124 valence electrons. The highest BCUT2D eigenvalue weighted by molar-refractivity contribution is 9.10. The largest absolute Gasteiger partial charge is 0.495 e. The van der Waals surface area contributed by atoms with E-state index in [9.17, 15) is 4.39 Å². The first-order valence-electron chi connectivity index (χ1n) is 7.42. The van der Waals surface area contributed by atoms with Crippen LogP contribution in [0.25, 0.3) is 17.0 Å². The molecule has 6 nitrogen and oxygen atoms in total. The molecular weight excluding hydrogens is 379 g/mol. The fraction of sp³-hybridized carbons (Fsp3) is 0.312. The van der Waals surface area contributed by atoms with Gasteiger partial charge >= 0.3 is 0 Å². The van der Waals surface area contributed by atoms with Crippen molar-refractivity contribution in [1.29, 1.82) is 0 Å². The summed E-state index contributed by atoms with van der Waals surface area (Å²) in [5.41, 5.74) is 2.78. The maximum absolute atomic E-state index is 14.4. The van der Waals surface area contributed by atoms with E-state index in [1.54, 1.807) is 30.8 Å². The van der Waals surface area contributed by atoms with Gasteiger partial charge in [-0.15, -0.1) is 0 Å². The standard InChI is InChI=1S/C16H14BrFN4O2/c1-8-3-10(18)15(20-16(8)17)11-5-19-13-4-12(23-2)14(21-22(11)13)9-6-24-7-9/h3-5,9H,6-7H2,1-2H3. The summed E-state index contributed by atoms with van der Waals surface area (Å²) in [7, 11) is 1.60. The summed E-state index contributed by atoms with van der Waals surface area (Å²) < 4.78 is 27.3. The van der Waals surface area contributed by atoms with Gasteiger partial charge in [-0.3, -0.25) is 0 Å². The zero-order valence-corrected chi connectivity index (χ0v) is 14.7. The Morgan fingerprint density at radius 2 is 2.17 bits per heavy atom. The van der Waals surface area contributed by atoms with E-state index in [2.05, 4.69) is 31.0 Å². The maximum atomic E-state index is 14.4. The maximum Gasteiger partial charge on any atom is 0.157 e. The highest BCUT2D eigenvalue weighted by Gasteiger charge is 2.27. The van der Waals surface area contributed by atoms with Gasteiger partial charge in [-0.2, -0.15) is 5.10 Å². The third-order valence-corrected chi connectivity index (χ3v) is 4.88. The van der Waals surface area contributed by atoms with E-state index < -0.39 is 5.82 Å². The van der Waals surface area contributed by atoms with Crippen molar-refractivity contribution in [2.45, 2.75) is 12.8 Å². The molecule has 4 rings (SSSR count). The minimum atomic E-state index is -0.413. The molecule has 24 heavy (non-hydrogen) atoms. The first-order chi connectivity index (χ1) is 11.6. The summed E-state index contributed by atoms with van der Waals surface area (Å²) in [6.07, 6.45) is 1.57. The average molecular weight is 393 g/mol. The van der Waals surface area contributed by atoms with Gasteiger partial charge in [0.05, 0.1) is 32.4 Å². The first-order valence-corrected chi connectivity index (χ1v) is 8.21. The normalized spacial score (nSPS) is 14.8. The molecule has 0 spiro atoms. The van der Waals surface area contributed by atoms with Crippen molar-refractivity contribution >= 4 is 21.6 Å². The summed E-state index contributed by atoms with van der Waals surface area (Å²) in [6.45, 7) is 2.99. The Morgan fingerprint density at radius 1 is 1.38 bits per heavy atom. The predicted molar refractivity (Wildman–Crippen MR) is 88.7 cm³/mol. The van der Waals surface area contributed by atoms with Crippen molar-refractivity contribution < 1.29 is 13.9 Å². The van der Waals surface area contributed by atoms with Gasteiger partial charge in [0.25, 0.3) is 0 Å². The van der Waals surface area contributed by atoms with Crippen molar-refractivity contribution in [1.82, 2.24) is 19.6 Å². The molecule has 4 heterocycles. The molecule has 0 aromatic carbocycles. The number of methoxy groups -OCH3 is 1. The van der Waals surface area contributed by atoms with E-state index in [1.807, 2.05) is 0 Å². The van der Waals surface area contributed by atoms with Crippen LogP contribution in [0.4, 0.5) is 4.39 Å². The van der Waals surface area contributed by atoms with Crippen molar-refractivity contribution in [3.05, 3.63) is 40.0 Å². The van der Waals surface area contributed by atoms with Crippen molar-refractivity contribution in [3.63, 3.8) is 0 Å². The quantitative estimate of drug-likeness (QED) is 0.640. The topological polar surface area (TPSA) is 61.5 Å². The van der Waals surface area contributed by atoms with E-state index >= 15 is 0 Å². The fourth-order valence-corrected chi connectivity index (χ4v) is 2.94. The number of hydrogen-bond acceptors (Lipinski definition) is 5. The Kier molecular flexibility index (Phi) is 3.73. The Hall–Kier alpha value is -2.06. The van der Waals surface area contributed by atoms with Crippen molar-refractivity contribution in [2.24, 2.45) is 0 Å². The molecular formula is C16H14BrFN4O2.